The Morgan fingerprint density at radius 3 is 2.96 bits per heavy atom. The van der Waals surface area contributed by atoms with Gasteiger partial charge >= 0.3 is 0 Å². The molecule has 1 amide bonds. The van der Waals surface area contributed by atoms with Gasteiger partial charge in [-0.15, -0.1) is 0 Å². The van der Waals surface area contributed by atoms with Crippen molar-refractivity contribution in [1.29, 1.82) is 0 Å². The second kappa shape index (κ2) is 6.59. The third kappa shape index (κ3) is 2.69. The van der Waals surface area contributed by atoms with Crippen molar-refractivity contribution in [3.8, 4) is 11.5 Å². The molecule has 0 bridgehead atoms. The van der Waals surface area contributed by atoms with Gasteiger partial charge in [0, 0.05) is 19.6 Å². The topological polar surface area (TPSA) is 64.2 Å². The SMILES string of the molecule is CCC1CCCCN1C(=O)c1cc(-c2ccco2)nc2c1c(C)nn2C. The molecule has 6 nitrogen and oxygen atoms in total. The Hall–Kier alpha value is -2.63. The van der Waals surface area contributed by atoms with Crippen molar-refractivity contribution < 1.29 is 9.21 Å². The van der Waals surface area contributed by atoms with Crippen LogP contribution in [0.2, 0.25) is 0 Å². The van der Waals surface area contributed by atoms with Gasteiger partial charge in [-0.05, 0) is 50.8 Å². The van der Waals surface area contributed by atoms with E-state index in [1.807, 2.05) is 37.1 Å². The highest BCUT2D eigenvalue weighted by molar-refractivity contribution is 6.07. The lowest BCUT2D eigenvalue weighted by atomic mass is 9.98. The number of aromatic nitrogens is 3. The van der Waals surface area contributed by atoms with Gasteiger partial charge in [-0.1, -0.05) is 6.92 Å². The lowest BCUT2D eigenvalue weighted by Gasteiger charge is -2.35. The summed E-state index contributed by atoms with van der Waals surface area (Å²) in [4.78, 5) is 20.2. The van der Waals surface area contributed by atoms with Crippen molar-refractivity contribution in [2.75, 3.05) is 6.54 Å². The van der Waals surface area contributed by atoms with E-state index in [4.69, 9.17) is 9.40 Å². The maximum atomic E-state index is 13.5. The molecule has 4 heterocycles. The number of hydrogen-bond acceptors (Lipinski definition) is 4. The number of piperidine rings is 1. The summed E-state index contributed by atoms with van der Waals surface area (Å²) in [5.74, 6) is 0.735. The van der Waals surface area contributed by atoms with E-state index in [0.717, 1.165) is 36.9 Å². The number of likely N-dealkylation sites (tertiary alicyclic amines) is 1. The number of rotatable bonds is 3. The first-order chi connectivity index (χ1) is 12.6. The molecule has 6 heteroatoms. The van der Waals surface area contributed by atoms with Crippen LogP contribution < -0.4 is 0 Å². The summed E-state index contributed by atoms with van der Waals surface area (Å²) in [7, 11) is 1.86. The molecule has 136 valence electrons. The number of aryl methyl sites for hydroxylation is 2. The number of pyridine rings is 1. The monoisotopic (exact) mass is 352 g/mol. The molecule has 1 aliphatic heterocycles. The van der Waals surface area contributed by atoms with E-state index in [9.17, 15) is 4.79 Å². The Balaban J connectivity index is 1.88. The molecule has 4 rings (SSSR count). The average Bonchev–Trinajstić information content (AvgIpc) is 3.29. The predicted octanol–water partition coefficient (Wildman–Crippen LogP) is 3.94. The van der Waals surface area contributed by atoms with Crippen LogP contribution >= 0.6 is 0 Å². The maximum Gasteiger partial charge on any atom is 0.255 e. The van der Waals surface area contributed by atoms with E-state index in [2.05, 4.69) is 12.0 Å². The predicted molar refractivity (Wildman–Crippen MR) is 99.9 cm³/mol. The minimum absolute atomic E-state index is 0.0767. The van der Waals surface area contributed by atoms with Crippen molar-refractivity contribution in [3.63, 3.8) is 0 Å². The summed E-state index contributed by atoms with van der Waals surface area (Å²) in [6.45, 7) is 4.90. The lowest BCUT2D eigenvalue weighted by Crippen LogP contribution is -2.43. The normalized spacial score (nSPS) is 17.8. The van der Waals surface area contributed by atoms with Gasteiger partial charge in [0.25, 0.3) is 5.91 Å². The third-order valence-corrected chi connectivity index (χ3v) is 5.33. The Bertz CT molecular complexity index is 943. The first kappa shape index (κ1) is 16.8. The zero-order valence-electron chi connectivity index (χ0n) is 15.5. The molecule has 26 heavy (non-hydrogen) atoms. The number of hydrogen-bond donors (Lipinski definition) is 0. The van der Waals surface area contributed by atoms with Crippen molar-refractivity contribution in [2.45, 2.75) is 45.6 Å². The van der Waals surface area contributed by atoms with Gasteiger partial charge in [-0.25, -0.2) is 4.98 Å². The summed E-state index contributed by atoms with van der Waals surface area (Å²) in [5.41, 5.74) is 2.88. The summed E-state index contributed by atoms with van der Waals surface area (Å²) in [6, 6.07) is 5.86. The second-order valence-corrected chi connectivity index (χ2v) is 7.00. The number of amides is 1. The van der Waals surface area contributed by atoms with Gasteiger partial charge in [-0.2, -0.15) is 5.10 Å². The molecule has 1 atom stereocenters. The van der Waals surface area contributed by atoms with Crippen LogP contribution in [0, 0.1) is 6.92 Å². The Morgan fingerprint density at radius 1 is 1.38 bits per heavy atom. The Kier molecular flexibility index (Phi) is 4.26. The molecule has 1 unspecified atom stereocenters. The molecule has 1 saturated heterocycles. The molecule has 1 fully saturated rings. The maximum absolute atomic E-state index is 13.5. The zero-order chi connectivity index (χ0) is 18.3. The van der Waals surface area contributed by atoms with E-state index >= 15 is 0 Å². The van der Waals surface area contributed by atoms with Gasteiger partial charge in [0.1, 0.15) is 5.69 Å². The minimum atomic E-state index is 0.0767. The average molecular weight is 352 g/mol. The molecule has 1 aliphatic rings. The molecule has 0 radical (unpaired) electrons. The number of carbonyl (C=O) groups excluding carboxylic acids is 1. The van der Waals surface area contributed by atoms with Crippen molar-refractivity contribution in [1.82, 2.24) is 19.7 Å². The molecular formula is C20H24N4O2. The Morgan fingerprint density at radius 2 is 2.23 bits per heavy atom. The van der Waals surface area contributed by atoms with E-state index < -0.39 is 0 Å². The molecule has 0 N–H and O–H groups in total. The highest BCUT2D eigenvalue weighted by Crippen LogP contribution is 2.30. The van der Waals surface area contributed by atoms with E-state index in [1.165, 1.54) is 6.42 Å². The molecular weight excluding hydrogens is 328 g/mol. The summed E-state index contributed by atoms with van der Waals surface area (Å²) < 4.78 is 7.26. The summed E-state index contributed by atoms with van der Waals surface area (Å²) in [5, 5.41) is 5.33. The molecule has 3 aromatic rings. The highest BCUT2D eigenvalue weighted by atomic mass is 16.3. The van der Waals surface area contributed by atoms with Crippen LogP contribution in [0.3, 0.4) is 0 Å². The molecule has 0 aromatic carbocycles. The summed E-state index contributed by atoms with van der Waals surface area (Å²) in [6.07, 6.45) is 5.94. The fraction of sp³-hybridized carbons (Fsp3) is 0.450. The standard InChI is InChI=1S/C20H24N4O2/c1-4-14-8-5-6-10-24(14)20(25)15-12-16(17-9-7-11-26-17)21-19-18(15)13(2)22-23(19)3/h7,9,11-12,14H,4-6,8,10H2,1-3H3. The van der Waals surface area contributed by atoms with Gasteiger partial charge in [0.05, 0.1) is 22.9 Å². The van der Waals surface area contributed by atoms with Crippen LogP contribution in [0.15, 0.2) is 28.9 Å². The van der Waals surface area contributed by atoms with Gasteiger partial charge in [-0.3, -0.25) is 9.48 Å². The fourth-order valence-corrected chi connectivity index (χ4v) is 4.01. The minimum Gasteiger partial charge on any atom is -0.463 e. The van der Waals surface area contributed by atoms with E-state index in [0.29, 0.717) is 28.7 Å². The quantitative estimate of drug-likeness (QED) is 0.716. The number of furan rings is 1. The summed E-state index contributed by atoms with van der Waals surface area (Å²) >= 11 is 0. The molecule has 0 saturated carbocycles. The molecule has 0 spiro atoms. The molecule has 3 aromatic heterocycles. The first-order valence-electron chi connectivity index (χ1n) is 9.29. The fourth-order valence-electron chi connectivity index (χ4n) is 4.01. The van der Waals surface area contributed by atoms with E-state index in [-0.39, 0.29) is 5.91 Å². The number of nitrogens with zero attached hydrogens (tertiary/aromatic N) is 4. The van der Waals surface area contributed by atoms with Crippen LogP contribution in [0.4, 0.5) is 0 Å². The van der Waals surface area contributed by atoms with Crippen molar-refractivity contribution >= 4 is 16.9 Å². The van der Waals surface area contributed by atoms with Crippen molar-refractivity contribution in [3.05, 3.63) is 35.7 Å². The zero-order valence-corrected chi connectivity index (χ0v) is 15.5. The first-order valence-corrected chi connectivity index (χ1v) is 9.29. The van der Waals surface area contributed by atoms with Crippen LogP contribution in [-0.4, -0.2) is 38.2 Å². The lowest BCUT2D eigenvalue weighted by molar-refractivity contribution is 0.0610. The largest absolute Gasteiger partial charge is 0.463 e. The second-order valence-electron chi connectivity index (χ2n) is 7.00. The van der Waals surface area contributed by atoms with Gasteiger partial charge in [0.15, 0.2) is 11.4 Å². The highest BCUT2D eigenvalue weighted by Gasteiger charge is 2.29. The van der Waals surface area contributed by atoms with E-state index in [1.54, 1.807) is 10.9 Å². The van der Waals surface area contributed by atoms with Crippen LogP contribution in [-0.2, 0) is 7.05 Å². The van der Waals surface area contributed by atoms with Crippen LogP contribution in [0.25, 0.3) is 22.5 Å². The third-order valence-electron chi connectivity index (χ3n) is 5.33. The van der Waals surface area contributed by atoms with Crippen molar-refractivity contribution in [2.24, 2.45) is 7.05 Å². The Labute approximate surface area is 152 Å². The molecule has 0 aliphatic carbocycles. The van der Waals surface area contributed by atoms with Gasteiger partial charge in [0.2, 0.25) is 0 Å². The van der Waals surface area contributed by atoms with Crippen LogP contribution in [0.1, 0.15) is 48.7 Å². The van der Waals surface area contributed by atoms with Crippen LogP contribution in [0.5, 0.6) is 0 Å². The number of carbonyl (C=O) groups is 1. The number of fused-ring (bicyclic) bond motifs is 1. The smallest absolute Gasteiger partial charge is 0.255 e. The van der Waals surface area contributed by atoms with Gasteiger partial charge < -0.3 is 9.32 Å².